The SMILES string of the molecule is O=C(NCC(O)c1ccco1)Nc1ccnn1Cc1ccccn1. The predicted octanol–water partition coefficient (Wildman–Crippen LogP) is 1.77. The van der Waals surface area contributed by atoms with Crippen molar-refractivity contribution in [1.29, 1.82) is 0 Å². The highest BCUT2D eigenvalue weighted by Gasteiger charge is 2.13. The molecule has 3 aromatic rings. The van der Waals surface area contributed by atoms with Crippen LogP contribution in [0, 0.1) is 0 Å². The van der Waals surface area contributed by atoms with Crippen LogP contribution in [0.15, 0.2) is 59.5 Å². The Morgan fingerprint density at radius 1 is 1.25 bits per heavy atom. The third kappa shape index (κ3) is 3.99. The number of aliphatic hydroxyl groups excluding tert-OH is 1. The van der Waals surface area contributed by atoms with Gasteiger partial charge in [-0.1, -0.05) is 6.07 Å². The number of pyridine rings is 1. The van der Waals surface area contributed by atoms with E-state index in [1.807, 2.05) is 18.2 Å². The highest BCUT2D eigenvalue weighted by Crippen LogP contribution is 2.12. The average Bonchev–Trinajstić information content (AvgIpc) is 3.26. The molecule has 0 aliphatic carbocycles. The number of carbonyl (C=O) groups is 1. The maximum absolute atomic E-state index is 12.0. The summed E-state index contributed by atoms with van der Waals surface area (Å²) in [7, 11) is 0. The molecule has 24 heavy (non-hydrogen) atoms. The van der Waals surface area contributed by atoms with Gasteiger partial charge in [-0.15, -0.1) is 0 Å². The predicted molar refractivity (Wildman–Crippen MR) is 86.3 cm³/mol. The minimum atomic E-state index is -0.899. The van der Waals surface area contributed by atoms with Crippen molar-refractivity contribution in [2.75, 3.05) is 11.9 Å². The van der Waals surface area contributed by atoms with E-state index in [2.05, 4.69) is 20.7 Å². The van der Waals surface area contributed by atoms with Crippen molar-refractivity contribution in [3.05, 3.63) is 66.5 Å². The molecule has 3 heterocycles. The maximum atomic E-state index is 12.0. The first-order valence-electron chi connectivity index (χ1n) is 7.40. The zero-order valence-corrected chi connectivity index (χ0v) is 12.8. The number of anilines is 1. The summed E-state index contributed by atoms with van der Waals surface area (Å²) in [5, 5.41) is 19.3. The summed E-state index contributed by atoms with van der Waals surface area (Å²) in [5.41, 5.74) is 0.831. The van der Waals surface area contributed by atoms with Gasteiger partial charge in [-0.3, -0.25) is 10.3 Å². The Balaban J connectivity index is 1.54. The van der Waals surface area contributed by atoms with Crippen molar-refractivity contribution < 1.29 is 14.3 Å². The molecule has 0 aromatic carbocycles. The average molecular weight is 327 g/mol. The quantitative estimate of drug-likeness (QED) is 0.640. The van der Waals surface area contributed by atoms with Crippen LogP contribution >= 0.6 is 0 Å². The second-order valence-corrected chi connectivity index (χ2v) is 5.06. The van der Waals surface area contributed by atoms with E-state index in [-0.39, 0.29) is 6.54 Å². The molecular weight excluding hydrogens is 310 g/mol. The molecular formula is C16H17N5O3. The van der Waals surface area contributed by atoms with Crippen molar-refractivity contribution in [3.8, 4) is 0 Å². The molecule has 0 spiro atoms. The van der Waals surface area contributed by atoms with E-state index in [1.54, 1.807) is 35.3 Å². The van der Waals surface area contributed by atoms with Crippen LogP contribution in [0.2, 0.25) is 0 Å². The van der Waals surface area contributed by atoms with Crippen LogP contribution in [-0.4, -0.2) is 32.4 Å². The highest BCUT2D eigenvalue weighted by atomic mass is 16.4. The summed E-state index contributed by atoms with van der Waals surface area (Å²) in [6, 6.07) is 10.2. The van der Waals surface area contributed by atoms with Gasteiger partial charge in [-0.25, -0.2) is 9.48 Å². The van der Waals surface area contributed by atoms with Gasteiger partial charge in [0.1, 0.15) is 17.7 Å². The lowest BCUT2D eigenvalue weighted by atomic mass is 10.3. The van der Waals surface area contributed by atoms with Gasteiger partial charge in [0.2, 0.25) is 0 Å². The highest BCUT2D eigenvalue weighted by molar-refractivity contribution is 5.88. The molecule has 1 unspecified atom stereocenters. The molecule has 8 nitrogen and oxygen atoms in total. The van der Waals surface area contributed by atoms with Crippen LogP contribution in [-0.2, 0) is 6.54 Å². The van der Waals surface area contributed by atoms with Crippen molar-refractivity contribution in [2.45, 2.75) is 12.6 Å². The first kappa shape index (κ1) is 15.8. The van der Waals surface area contributed by atoms with Crippen LogP contribution in [0.3, 0.4) is 0 Å². The van der Waals surface area contributed by atoms with Crippen molar-refractivity contribution >= 4 is 11.8 Å². The number of aromatic nitrogens is 3. The van der Waals surface area contributed by atoms with E-state index >= 15 is 0 Å². The van der Waals surface area contributed by atoms with Crippen LogP contribution in [0.1, 0.15) is 17.6 Å². The van der Waals surface area contributed by atoms with E-state index in [0.29, 0.717) is 18.1 Å². The third-order valence-corrected chi connectivity index (χ3v) is 3.32. The molecule has 8 heteroatoms. The van der Waals surface area contributed by atoms with Crippen LogP contribution in [0.25, 0.3) is 0 Å². The summed E-state index contributed by atoms with van der Waals surface area (Å²) in [4.78, 5) is 16.2. The molecule has 0 bridgehead atoms. The lowest BCUT2D eigenvalue weighted by molar-refractivity contribution is 0.149. The molecule has 0 aliphatic heterocycles. The van der Waals surface area contributed by atoms with E-state index in [0.717, 1.165) is 5.69 Å². The molecule has 0 aliphatic rings. The lowest BCUT2D eigenvalue weighted by Gasteiger charge is -2.12. The number of rotatable bonds is 6. The van der Waals surface area contributed by atoms with Gasteiger partial charge in [-0.05, 0) is 24.3 Å². The fraction of sp³-hybridized carbons (Fsp3) is 0.188. The Morgan fingerprint density at radius 3 is 2.92 bits per heavy atom. The van der Waals surface area contributed by atoms with Crippen LogP contribution in [0.5, 0.6) is 0 Å². The Hall–Kier alpha value is -3.13. The van der Waals surface area contributed by atoms with E-state index in [1.165, 1.54) is 6.26 Å². The van der Waals surface area contributed by atoms with Gasteiger partial charge >= 0.3 is 6.03 Å². The summed E-state index contributed by atoms with van der Waals surface area (Å²) in [5.74, 6) is 0.932. The topological polar surface area (TPSA) is 105 Å². The number of hydrogen-bond donors (Lipinski definition) is 3. The number of furan rings is 1. The lowest BCUT2D eigenvalue weighted by Crippen LogP contribution is -2.33. The first-order chi connectivity index (χ1) is 11.7. The molecule has 0 radical (unpaired) electrons. The van der Waals surface area contributed by atoms with Gasteiger partial charge < -0.3 is 14.8 Å². The monoisotopic (exact) mass is 327 g/mol. The fourth-order valence-corrected chi connectivity index (χ4v) is 2.14. The fourth-order valence-electron chi connectivity index (χ4n) is 2.14. The standard InChI is InChI=1S/C16H17N5O3/c22-13(14-5-3-9-24-14)10-18-16(23)20-15-6-8-19-21(15)11-12-4-1-2-7-17-12/h1-9,13,22H,10-11H2,(H2,18,20,23). The minimum Gasteiger partial charge on any atom is -0.467 e. The van der Waals surface area contributed by atoms with Gasteiger partial charge in [0.15, 0.2) is 0 Å². The summed E-state index contributed by atoms with van der Waals surface area (Å²) in [6.07, 6.45) is 3.86. The molecule has 0 fully saturated rings. The zero-order chi connectivity index (χ0) is 16.8. The van der Waals surface area contributed by atoms with E-state index in [4.69, 9.17) is 4.42 Å². The van der Waals surface area contributed by atoms with Crippen molar-refractivity contribution in [1.82, 2.24) is 20.1 Å². The van der Waals surface area contributed by atoms with Gasteiger partial charge in [-0.2, -0.15) is 5.10 Å². The zero-order valence-electron chi connectivity index (χ0n) is 12.8. The Morgan fingerprint density at radius 2 is 2.17 bits per heavy atom. The molecule has 124 valence electrons. The number of amides is 2. The Labute approximate surface area is 138 Å². The first-order valence-corrected chi connectivity index (χ1v) is 7.40. The molecule has 3 rings (SSSR count). The molecule has 1 atom stereocenters. The van der Waals surface area contributed by atoms with Gasteiger partial charge in [0, 0.05) is 12.3 Å². The molecule has 2 amide bonds. The minimum absolute atomic E-state index is 0.0354. The van der Waals surface area contributed by atoms with E-state index in [9.17, 15) is 9.90 Å². The number of carbonyl (C=O) groups excluding carboxylic acids is 1. The summed E-state index contributed by atoms with van der Waals surface area (Å²) in [6.45, 7) is 0.478. The largest absolute Gasteiger partial charge is 0.467 e. The van der Waals surface area contributed by atoms with Crippen LogP contribution in [0.4, 0.5) is 10.6 Å². The Bertz CT molecular complexity index is 770. The molecule has 3 aromatic heterocycles. The van der Waals surface area contributed by atoms with Crippen molar-refractivity contribution in [2.24, 2.45) is 0 Å². The Kier molecular flexibility index (Phi) is 4.87. The molecule has 3 N–H and O–H groups in total. The molecule has 0 saturated heterocycles. The maximum Gasteiger partial charge on any atom is 0.320 e. The van der Waals surface area contributed by atoms with Gasteiger partial charge in [0.25, 0.3) is 0 Å². The summed E-state index contributed by atoms with van der Waals surface area (Å²) >= 11 is 0. The number of urea groups is 1. The van der Waals surface area contributed by atoms with Crippen molar-refractivity contribution in [3.63, 3.8) is 0 Å². The smallest absolute Gasteiger partial charge is 0.320 e. The third-order valence-electron chi connectivity index (χ3n) is 3.32. The normalized spacial score (nSPS) is 11.9. The van der Waals surface area contributed by atoms with E-state index < -0.39 is 12.1 Å². The second-order valence-electron chi connectivity index (χ2n) is 5.06. The van der Waals surface area contributed by atoms with Gasteiger partial charge in [0.05, 0.1) is 31.2 Å². The second kappa shape index (κ2) is 7.42. The summed E-state index contributed by atoms with van der Waals surface area (Å²) < 4.78 is 6.71. The molecule has 0 saturated carbocycles. The van der Waals surface area contributed by atoms with Crippen LogP contribution < -0.4 is 10.6 Å². The number of aliphatic hydroxyl groups is 1. The number of nitrogens with one attached hydrogen (secondary N) is 2. The number of hydrogen-bond acceptors (Lipinski definition) is 5. The number of nitrogens with zero attached hydrogens (tertiary/aromatic N) is 3.